The van der Waals surface area contributed by atoms with E-state index in [1.807, 2.05) is 43.3 Å². The summed E-state index contributed by atoms with van der Waals surface area (Å²) in [4.78, 5) is 12.8. The van der Waals surface area contributed by atoms with Crippen LogP contribution in [0.15, 0.2) is 24.3 Å². The number of anilines is 1. The van der Waals surface area contributed by atoms with E-state index in [1.54, 1.807) is 0 Å². The quantitative estimate of drug-likeness (QED) is 0.819. The third kappa shape index (κ3) is 1.82. The number of carboxylic acid groups (broad SMARTS) is 1. The van der Waals surface area contributed by atoms with Crippen LogP contribution in [0.2, 0.25) is 0 Å². The van der Waals surface area contributed by atoms with Gasteiger partial charge >= 0.3 is 5.97 Å². The van der Waals surface area contributed by atoms with Crippen LogP contribution in [0.1, 0.15) is 17.9 Å². The van der Waals surface area contributed by atoms with E-state index in [9.17, 15) is 4.79 Å². The van der Waals surface area contributed by atoms with Crippen molar-refractivity contribution in [2.24, 2.45) is 5.92 Å². The van der Waals surface area contributed by atoms with E-state index in [4.69, 9.17) is 5.11 Å². The molecule has 0 saturated heterocycles. The second-order valence-electron chi connectivity index (χ2n) is 4.24. The number of nitrogens with zero attached hydrogens (tertiary/aromatic N) is 1. The van der Waals surface area contributed by atoms with Crippen molar-refractivity contribution in [3.05, 3.63) is 29.8 Å². The van der Waals surface area contributed by atoms with E-state index in [1.165, 1.54) is 0 Å². The lowest BCUT2D eigenvalue weighted by atomic mass is 10.1. The van der Waals surface area contributed by atoms with Gasteiger partial charge in [0.2, 0.25) is 0 Å². The third-order valence-corrected chi connectivity index (χ3v) is 2.93. The Morgan fingerprint density at radius 1 is 1.40 bits per heavy atom. The SMILES string of the molecule is CN(C)c1ccccc1[C@@H]1C[C@H]1C(=O)O. The molecule has 1 aromatic rings. The molecule has 0 unspecified atom stereocenters. The summed E-state index contributed by atoms with van der Waals surface area (Å²) in [5.41, 5.74) is 2.29. The minimum atomic E-state index is -0.673. The van der Waals surface area contributed by atoms with Crippen LogP contribution in [0, 0.1) is 5.92 Å². The van der Waals surface area contributed by atoms with Crippen molar-refractivity contribution in [2.45, 2.75) is 12.3 Å². The first-order valence-electron chi connectivity index (χ1n) is 5.10. The van der Waals surface area contributed by atoms with Crippen molar-refractivity contribution >= 4 is 11.7 Å². The van der Waals surface area contributed by atoms with Gasteiger partial charge < -0.3 is 10.0 Å². The highest BCUT2D eigenvalue weighted by atomic mass is 16.4. The van der Waals surface area contributed by atoms with Gasteiger partial charge in [0.15, 0.2) is 0 Å². The fraction of sp³-hybridized carbons (Fsp3) is 0.417. The molecular weight excluding hydrogens is 190 g/mol. The Morgan fingerprint density at radius 3 is 2.60 bits per heavy atom. The van der Waals surface area contributed by atoms with Crippen LogP contribution in [0.3, 0.4) is 0 Å². The largest absolute Gasteiger partial charge is 0.481 e. The van der Waals surface area contributed by atoms with E-state index in [0.717, 1.165) is 17.7 Å². The maximum absolute atomic E-state index is 10.8. The van der Waals surface area contributed by atoms with Gasteiger partial charge in [-0.3, -0.25) is 4.79 Å². The van der Waals surface area contributed by atoms with Crippen LogP contribution in [0.25, 0.3) is 0 Å². The zero-order valence-corrected chi connectivity index (χ0v) is 8.97. The molecule has 1 saturated carbocycles. The standard InChI is InChI=1S/C12H15NO2/c1-13(2)11-6-4-3-5-8(11)9-7-10(9)12(14)15/h3-6,9-10H,7H2,1-2H3,(H,14,15)/t9-,10+/m0/s1. The average molecular weight is 205 g/mol. The first-order chi connectivity index (χ1) is 7.11. The number of rotatable bonds is 3. The van der Waals surface area contributed by atoms with Crippen molar-refractivity contribution in [1.82, 2.24) is 0 Å². The first kappa shape index (κ1) is 10.0. The van der Waals surface area contributed by atoms with Crippen LogP contribution in [0.5, 0.6) is 0 Å². The van der Waals surface area contributed by atoms with Crippen molar-refractivity contribution in [1.29, 1.82) is 0 Å². The van der Waals surface area contributed by atoms with Gasteiger partial charge in [-0.1, -0.05) is 18.2 Å². The second-order valence-corrected chi connectivity index (χ2v) is 4.24. The number of aliphatic carboxylic acids is 1. The van der Waals surface area contributed by atoms with Crippen LogP contribution in [-0.4, -0.2) is 25.2 Å². The lowest BCUT2D eigenvalue weighted by Gasteiger charge is -2.17. The van der Waals surface area contributed by atoms with Gasteiger partial charge in [-0.2, -0.15) is 0 Å². The summed E-state index contributed by atoms with van der Waals surface area (Å²) in [5.74, 6) is -0.638. The van der Waals surface area contributed by atoms with E-state index in [2.05, 4.69) is 0 Å². The average Bonchev–Trinajstić information content (AvgIpc) is 2.97. The number of para-hydroxylation sites is 1. The van der Waals surface area contributed by atoms with Crippen molar-refractivity contribution in [3.63, 3.8) is 0 Å². The molecule has 1 aliphatic rings. The molecule has 1 N–H and O–H groups in total. The predicted octanol–water partition coefficient (Wildman–Crippen LogP) is 1.94. The van der Waals surface area contributed by atoms with Gasteiger partial charge in [0.1, 0.15) is 0 Å². The number of carbonyl (C=O) groups is 1. The molecule has 2 atom stereocenters. The Kier molecular flexibility index (Phi) is 2.39. The van der Waals surface area contributed by atoms with Gasteiger partial charge in [-0.05, 0) is 18.1 Å². The zero-order valence-electron chi connectivity index (χ0n) is 8.97. The van der Waals surface area contributed by atoms with Crippen LogP contribution in [-0.2, 0) is 4.79 Å². The molecule has 3 nitrogen and oxygen atoms in total. The molecule has 0 spiro atoms. The lowest BCUT2D eigenvalue weighted by molar-refractivity contribution is -0.138. The summed E-state index contributed by atoms with van der Waals surface area (Å²) >= 11 is 0. The fourth-order valence-electron chi connectivity index (χ4n) is 2.02. The summed E-state index contributed by atoms with van der Waals surface area (Å²) in [6.07, 6.45) is 0.778. The summed E-state index contributed by atoms with van der Waals surface area (Å²) in [7, 11) is 3.97. The Bertz CT molecular complexity index is 387. The summed E-state index contributed by atoms with van der Waals surface area (Å²) in [5, 5.41) is 8.90. The highest BCUT2D eigenvalue weighted by Gasteiger charge is 2.45. The second kappa shape index (κ2) is 3.57. The van der Waals surface area contributed by atoms with Crippen molar-refractivity contribution < 1.29 is 9.90 Å². The molecule has 0 heterocycles. The molecular formula is C12H15NO2. The van der Waals surface area contributed by atoms with Gasteiger partial charge in [-0.15, -0.1) is 0 Å². The molecule has 0 radical (unpaired) electrons. The normalized spacial score (nSPS) is 23.6. The van der Waals surface area contributed by atoms with E-state index < -0.39 is 5.97 Å². The highest BCUT2D eigenvalue weighted by molar-refractivity contribution is 5.76. The van der Waals surface area contributed by atoms with Gasteiger partial charge in [0, 0.05) is 25.7 Å². The third-order valence-electron chi connectivity index (χ3n) is 2.93. The molecule has 15 heavy (non-hydrogen) atoms. The number of benzene rings is 1. The number of hydrogen-bond donors (Lipinski definition) is 1. The summed E-state index contributed by atoms with van der Waals surface area (Å²) in [6.45, 7) is 0. The van der Waals surface area contributed by atoms with Gasteiger partial charge in [0.05, 0.1) is 5.92 Å². The molecule has 0 aliphatic heterocycles. The molecule has 2 rings (SSSR count). The van der Waals surface area contributed by atoms with Crippen LogP contribution < -0.4 is 4.90 Å². The minimum absolute atomic E-state index is 0.175. The maximum Gasteiger partial charge on any atom is 0.307 e. The summed E-state index contributed by atoms with van der Waals surface area (Å²) < 4.78 is 0. The van der Waals surface area contributed by atoms with E-state index >= 15 is 0 Å². The van der Waals surface area contributed by atoms with Crippen LogP contribution in [0.4, 0.5) is 5.69 Å². The summed E-state index contributed by atoms with van der Waals surface area (Å²) in [6, 6.07) is 8.02. The molecule has 1 fully saturated rings. The maximum atomic E-state index is 10.8. The fourth-order valence-corrected chi connectivity index (χ4v) is 2.02. The molecule has 80 valence electrons. The molecule has 0 amide bonds. The zero-order chi connectivity index (χ0) is 11.0. The van der Waals surface area contributed by atoms with Gasteiger partial charge in [0.25, 0.3) is 0 Å². The minimum Gasteiger partial charge on any atom is -0.481 e. The molecule has 3 heteroatoms. The Morgan fingerprint density at radius 2 is 2.07 bits per heavy atom. The molecule has 1 aromatic carbocycles. The first-order valence-corrected chi connectivity index (χ1v) is 5.10. The Hall–Kier alpha value is -1.51. The topological polar surface area (TPSA) is 40.5 Å². The Balaban J connectivity index is 2.26. The number of hydrogen-bond acceptors (Lipinski definition) is 2. The van der Waals surface area contributed by atoms with Gasteiger partial charge in [-0.25, -0.2) is 0 Å². The van der Waals surface area contributed by atoms with Crippen molar-refractivity contribution in [2.75, 3.05) is 19.0 Å². The molecule has 1 aliphatic carbocycles. The smallest absolute Gasteiger partial charge is 0.307 e. The number of carboxylic acids is 1. The highest BCUT2D eigenvalue weighted by Crippen LogP contribution is 2.50. The molecule has 0 aromatic heterocycles. The Labute approximate surface area is 89.3 Å². The predicted molar refractivity (Wildman–Crippen MR) is 59.3 cm³/mol. The van der Waals surface area contributed by atoms with E-state index in [-0.39, 0.29) is 11.8 Å². The van der Waals surface area contributed by atoms with E-state index in [0.29, 0.717) is 0 Å². The molecule has 0 bridgehead atoms. The lowest BCUT2D eigenvalue weighted by Crippen LogP contribution is -2.11. The monoisotopic (exact) mass is 205 g/mol. The van der Waals surface area contributed by atoms with Crippen LogP contribution >= 0.6 is 0 Å². The van der Waals surface area contributed by atoms with Crippen molar-refractivity contribution in [3.8, 4) is 0 Å².